The van der Waals surface area contributed by atoms with Gasteiger partial charge in [0.25, 0.3) is 5.91 Å². The lowest BCUT2D eigenvalue weighted by molar-refractivity contribution is -0.153. The van der Waals surface area contributed by atoms with Crippen molar-refractivity contribution in [2.45, 2.75) is 25.6 Å². The van der Waals surface area contributed by atoms with E-state index in [2.05, 4.69) is 15.0 Å². The minimum Gasteiger partial charge on any atom is -0.483 e. The Bertz CT molecular complexity index is 902. The van der Waals surface area contributed by atoms with Gasteiger partial charge >= 0.3 is 6.18 Å². The third kappa shape index (κ3) is 6.68. The molecule has 1 saturated heterocycles. The molecule has 0 saturated carbocycles. The number of carbonyl (C=O) groups is 2. The molecule has 31 heavy (non-hydrogen) atoms. The summed E-state index contributed by atoms with van der Waals surface area (Å²) in [6, 6.07) is 9.59. The van der Waals surface area contributed by atoms with E-state index in [4.69, 9.17) is 4.74 Å². The van der Waals surface area contributed by atoms with E-state index in [1.165, 1.54) is 18.3 Å². The smallest absolute Gasteiger partial charge is 0.422 e. The number of amides is 2. The summed E-state index contributed by atoms with van der Waals surface area (Å²) >= 11 is 0. The van der Waals surface area contributed by atoms with Crippen LogP contribution >= 0.6 is 0 Å². The number of alkyl halides is 3. The average molecular weight is 437 g/mol. The molecule has 1 N–H and O–H groups in total. The molecule has 0 unspecified atom stereocenters. The maximum atomic E-state index is 12.3. The molecule has 2 heterocycles. The molecule has 0 radical (unpaired) electrons. The fourth-order valence-electron chi connectivity index (χ4n) is 3.04. The van der Waals surface area contributed by atoms with Crippen LogP contribution in [0.1, 0.15) is 24.2 Å². The lowest BCUT2D eigenvalue weighted by Crippen LogP contribution is -2.41. The molecule has 1 aromatic carbocycles. The molecular formula is C21H22F3N3O4. The summed E-state index contributed by atoms with van der Waals surface area (Å²) in [4.78, 5) is 29.9. The molecule has 0 bridgehead atoms. The number of carbonyl (C=O) groups excluding carboxylic acids is 2. The van der Waals surface area contributed by atoms with Gasteiger partial charge in [-0.05, 0) is 36.8 Å². The highest BCUT2D eigenvalue weighted by Gasteiger charge is 2.28. The van der Waals surface area contributed by atoms with Gasteiger partial charge in [0.2, 0.25) is 5.91 Å². The van der Waals surface area contributed by atoms with Gasteiger partial charge in [0.05, 0.1) is 31.0 Å². The third-order valence-electron chi connectivity index (χ3n) is 4.58. The number of nitrogens with one attached hydrogen (secondary N) is 1. The molecule has 166 valence electrons. The van der Waals surface area contributed by atoms with Gasteiger partial charge in [-0.2, -0.15) is 13.2 Å². The fourth-order valence-corrected chi connectivity index (χ4v) is 3.04. The zero-order chi connectivity index (χ0) is 22.4. The molecule has 1 fully saturated rings. The molecule has 7 nitrogen and oxygen atoms in total. The number of pyridine rings is 1. The van der Waals surface area contributed by atoms with E-state index >= 15 is 0 Å². The second-order valence-corrected chi connectivity index (χ2v) is 7.05. The number of hydrogen-bond acceptors (Lipinski definition) is 5. The van der Waals surface area contributed by atoms with Gasteiger partial charge in [0.15, 0.2) is 6.61 Å². The summed E-state index contributed by atoms with van der Waals surface area (Å²) < 4.78 is 46.3. The molecule has 10 heteroatoms. The van der Waals surface area contributed by atoms with Gasteiger partial charge in [-0.15, -0.1) is 0 Å². The number of hydrogen-bond donors (Lipinski definition) is 1. The number of rotatable bonds is 7. The molecule has 0 spiro atoms. The molecule has 1 atom stereocenters. The molecular weight excluding hydrogens is 415 g/mol. The quantitative estimate of drug-likeness (QED) is 0.721. The van der Waals surface area contributed by atoms with Crippen molar-refractivity contribution < 1.29 is 32.2 Å². The Morgan fingerprint density at radius 2 is 2.00 bits per heavy atom. The summed E-state index contributed by atoms with van der Waals surface area (Å²) in [6.07, 6.45) is -3.10. The van der Waals surface area contributed by atoms with E-state index < -0.39 is 18.8 Å². The number of halogens is 3. The summed E-state index contributed by atoms with van der Waals surface area (Å²) in [6.45, 7) is 1.37. The monoisotopic (exact) mass is 437 g/mol. The van der Waals surface area contributed by atoms with Gasteiger partial charge < -0.3 is 19.7 Å². The number of benzene rings is 1. The van der Waals surface area contributed by atoms with E-state index in [-0.39, 0.29) is 30.6 Å². The Morgan fingerprint density at radius 3 is 2.61 bits per heavy atom. The number of nitrogens with zero attached hydrogens (tertiary/aromatic N) is 2. The molecule has 3 rings (SSSR count). The number of anilines is 1. The number of ether oxygens (including phenoxy) is 2. The predicted octanol–water partition coefficient (Wildman–Crippen LogP) is 2.81. The highest BCUT2D eigenvalue weighted by molar-refractivity contribution is 5.94. The summed E-state index contributed by atoms with van der Waals surface area (Å²) in [5.41, 5.74) is 2.02. The Labute approximate surface area is 177 Å². The first-order chi connectivity index (χ1) is 14.7. The van der Waals surface area contributed by atoms with Crippen LogP contribution in [0.15, 0.2) is 42.6 Å². The van der Waals surface area contributed by atoms with Crippen molar-refractivity contribution >= 4 is 17.5 Å². The highest BCUT2D eigenvalue weighted by atomic mass is 19.4. The van der Waals surface area contributed by atoms with E-state index in [1.807, 2.05) is 0 Å². The first-order valence-corrected chi connectivity index (χ1v) is 9.63. The maximum absolute atomic E-state index is 12.3. The van der Waals surface area contributed by atoms with Crippen LogP contribution in [0.5, 0.6) is 5.75 Å². The Kier molecular flexibility index (Phi) is 7.11. The van der Waals surface area contributed by atoms with Gasteiger partial charge in [0, 0.05) is 12.2 Å². The third-order valence-corrected chi connectivity index (χ3v) is 4.58. The van der Waals surface area contributed by atoms with Crippen molar-refractivity contribution in [3.8, 4) is 5.75 Å². The molecule has 0 aliphatic carbocycles. The van der Waals surface area contributed by atoms with E-state index in [1.54, 1.807) is 36.1 Å². The summed E-state index contributed by atoms with van der Waals surface area (Å²) in [5.74, 6) is -0.340. The predicted molar refractivity (Wildman–Crippen MR) is 106 cm³/mol. The largest absolute Gasteiger partial charge is 0.483 e. The lowest BCUT2D eigenvalue weighted by atomic mass is 10.1. The van der Waals surface area contributed by atoms with Crippen LogP contribution in [-0.4, -0.2) is 49.3 Å². The van der Waals surface area contributed by atoms with Crippen LogP contribution in [0.25, 0.3) is 0 Å². The normalized spacial score (nSPS) is 15.5. The van der Waals surface area contributed by atoms with Crippen LogP contribution in [0, 0.1) is 0 Å². The Balaban J connectivity index is 1.51. The molecule has 1 aliphatic heterocycles. The number of morpholine rings is 1. The van der Waals surface area contributed by atoms with Crippen molar-refractivity contribution in [1.82, 2.24) is 10.3 Å². The van der Waals surface area contributed by atoms with Crippen molar-refractivity contribution in [3.63, 3.8) is 0 Å². The highest BCUT2D eigenvalue weighted by Crippen LogP contribution is 2.20. The Morgan fingerprint density at radius 1 is 1.26 bits per heavy atom. The van der Waals surface area contributed by atoms with Crippen LogP contribution in [0.3, 0.4) is 0 Å². The van der Waals surface area contributed by atoms with E-state index in [9.17, 15) is 22.8 Å². The first kappa shape index (κ1) is 22.5. The van der Waals surface area contributed by atoms with E-state index in [0.717, 1.165) is 11.3 Å². The van der Waals surface area contributed by atoms with Gasteiger partial charge in [-0.25, -0.2) is 0 Å². The van der Waals surface area contributed by atoms with Gasteiger partial charge in [-0.3, -0.25) is 14.6 Å². The van der Waals surface area contributed by atoms with Crippen LogP contribution in [0.4, 0.5) is 18.9 Å². The van der Waals surface area contributed by atoms with Crippen LogP contribution in [0.2, 0.25) is 0 Å². The topological polar surface area (TPSA) is 80.8 Å². The molecule has 1 aliphatic rings. The molecule has 2 amide bonds. The maximum Gasteiger partial charge on any atom is 0.422 e. The zero-order valence-corrected chi connectivity index (χ0v) is 16.8. The molecule has 1 aromatic heterocycles. The SMILES string of the molecule is C[C@@H](NC(=O)Cc1ccc(N2CCOCC2=O)cc1)c1ccc(OCC(F)(F)F)cn1. The lowest BCUT2D eigenvalue weighted by Gasteiger charge is -2.26. The van der Waals surface area contributed by atoms with E-state index in [0.29, 0.717) is 18.8 Å². The zero-order valence-electron chi connectivity index (χ0n) is 16.8. The summed E-state index contributed by atoms with van der Waals surface area (Å²) in [7, 11) is 0. The number of aromatic nitrogens is 1. The minimum absolute atomic E-state index is 0.00144. The van der Waals surface area contributed by atoms with Crippen LogP contribution in [-0.2, 0) is 20.7 Å². The van der Waals surface area contributed by atoms with Crippen molar-refractivity contribution in [1.29, 1.82) is 0 Å². The van der Waals surface area contributed by atoms with Crippen LogP contribution < -0.4 is 15.0 Å². The van der Waals surface area contributed by atoms with Crippen molar-refractivity contribution in [2.24, 2.45) is 0 Å². The fraction of sp³-hybridized carbons (Fsp3) is 0.381. The summed E-state index contributed by atoms with van der Waals surface area (Å²) in [5, 5.41) is 2.80. The van der Waals surface area contributed by atoms with Gasteiger partial charge in [0.1, 0.15) is 12.4 Å². The second-order valence-electron chi connectivity index (χ2n) is 7.05. The first-order valence-electron chi connectivity index (χ1n) is 9.63. The Hall–Kier alpha value is -3.14. The standard InChI is InChI=1S/C21H22F3N3O4/c1-14(18-7-6-17(11-25-18)31-13-21(22,23)24)26-19(28)10-15-2-4-16(5-3-15)27-8-9-30-12-20(27)29/h2-7,11,14H,8-10,12-13H2,1H3,(H,26,28)/t14-/m1/s1. The van der Waals surface area contributed by atoms with Gasteiger partial charge in [-0.1, -0.05) is 12.1 Å². The van der Waals surface area contributed by atoms with Crippen molar-refractivity contribution in [2.75, 3.05) is 31.3 Å². The molecule has 2 aromatic rings. The average Bonchev–Trinajstić information content (AvgIpc) is 2.73. The van der Waals surface area contributed by atoms with Crippen molar-refractivity contribution in [3.05, 3.63) is 53.9 Å². The second kappa shape index (κ2) is 9.78. The minimum atomic E-state index is -4.42.